The summed E-state index contributed by atoms with van der Waals surface area (Å²) in [7, 11) is 0.872. The van der Waals surface area contributed by atoms with Crippen molar-refractivity contribution in [2.45, 2.75) is 57.9 Å². The van der Waals surface area contributed by atoms with Crippen LogP contribution in [0.2, 0.25) is 0 Å². The number of rotatable bonds is 8. The van der Waals surface area contributed by atoms with Crippen molar-refractivity contribution in [2.75, 3.05) is 34.2 Å². The molecule has 0 aromatic heterocycles. The van der Waals surface area contributed by atoms with Crippen LogP contribution in [0.15, 0.2) is 0 Å². The van der Waals surface area contributed by atoms with E-state index in [2.05, 4.69) is 13.8 Å². The number of carbonyl (C=O) groups is 1. The van der Waals surface area contributed by atoms with Crippen LogP contribution in [0.25, 0.3) is 0 Å². The van der Waals surface area contributed by atoms with Gasteiger partial charge in [0.25, 0.3) is 10.2 Å². The average Bonchev–Trinajstić information content (AvgIpc) is 2.82. The zero-order chi connectivity index (χ0) is 17.0. The summed E-state index contributed by atoms with van der Waals surface area (Å²) in [4.78, 5) is 14.6. The van der Waals surface area contributed by atoms with E-state index in [0.29, 0.717) is 0 Å². The third kappa shape index (κ3) is 4.00. The van der Waals surface area contributed by atoms with Gasteiger partial charge in [-0.2, -0.15) is 17.0 Å². The Balaban J connectivity index is 2.87. The molecule has 0 aromatic rings. The first-order valence-electron chi connectivity index (χ1n) is 8.15. The second-order valence-corrected chi connectivity index (χ2v) is 8.67. The molecule has 1 amide bonds. The van der Waals surface area contributed by atoms with E-state index < -0.39 is 10.2 Å². The summed E-state index contributed by atoms with van der Waals surface area (Å²) in [6.45, 7) is 4.94. The fourth-order valence-corrected chi connectivity index (χ4v) is 4.37. The summed E-state index contributed by atoms with van der Waals surface area (Å²) in [6, 6.07) is 0. The van der Waals surface area contributed by atoms with E-state index in [9.17, 15) is 13.2 Å². The van der Waals surface area contributed by atoms with Gasteiger partial charge >= 0.3 is 0 Å². The van der Waals surface area contributed by atoms with Crippen LogP contribution in [-0.2, 0) is 15.0 Å². The minimum absolute atomic E-state index is 0.0662. The highest BCUT2D eigenvalue weighted by atomic mass is 32.2. The minimum Gasteiger partial charge on any atom is -0.336 e. The van der Waals surface area contributed by atoms with E-state index in [0.717, 1.165) is 53.7 Å². The number of carbonyl (C=O) groups excluding carboxylic acids is 1. The van der Waals surface area contributed by atoms with E-state index in [1.807, 2.05) is 4.90 Å². The van der Waals surface area contributed by atoms with Gasteiger partial charge in [-0.15, -0.1) is 0 Å². The predicted octanol–water partition coefficient (Wildman–Crippen LogP) is 1.69. The number of hydrogen-bond acceptors (Lipinski definition) is 3. The SMILES string of the molecule is CCCC1(CCC)CCCN1C(=O)CN(C)S(=O)(=O)N(C)C. The topological polar surface area (TPSA) is 60.9 Å². The fraction of sp³-hybridized carbons (Fsp3) is 0.933. The Labute approximate surface area is 135 Å². The van der Waals surface area contributed by atoms with Crippen LogP contribution in [-0.4, -0.2) is 67.6 Å². The Bertz CT molecular complexity index is 470. The summed E-state index contributed by atoms with van der Waals surface area (Å²) in [6.07, 6.45) is 6.11. The maximum absolute atomic E-state index is 12.7. The second kappa shape index (κ2) is 7.75. The normalized spacial score (nSPS) is 18.4. The molecule has 1 aliphatic heterocycles. The highest BCUT2D eigenvalue weighted by Crippen LogP contribution is 2.37. The van der Waals surface area contributed by atoms with E-state index in [4.69, 9.17) is 0 Å². The van der Waals surface area contributed by atoms with Crippen LogP contribution in [0, 0.1) is 0 Å². The van der Waals surface area contributed by atoms with Crippen LogP contribution in [0.3, 0.4) is 0 Å². The smallest absolute Gasteiger partial charge is 0.281 e. The van der Waals surface area contributed by atoms with Crippen molar-refractivity contribution in [3.8, 4) is 0 Å². The standard InChI is InChI=1S/C15H31N3O3S/c1-6-9-15(10-7-2)11-8-12-18(15)14(19)13-17(5)22(20,21)16(3)4/h6-13H2,1-5H3. The zero-order valence-corrected chi connectivity index (χ0v) is 15.4. The summed E-state index contributed by atoms with van der Waals surface area (Å²) in [5.41, 5.74) is -0.0662. The van der Waals surface area contributed by atoms with Gasteiger partial charge in [0.15, 0.2) is 0 Å². The molecule has 0 spiro atoms. The molecule has 0 radical (unpaired) electrons. The third-order valence-electron chi connectivity index (χ3n) is 4.54. The van der Waals surface area contributed by atoms with Gasteiger partial charge in [0.2, 0.25) is 5.91 Å². The molecule has 1 saturated heterocycles. The lowest BCUT2D eigenvalue weighted by Gasteiger charge is -2.39. The summed E-state index contributed by atoms with van der Waals surface area (Å²) in [5, 5.41) is 0. The lowest BCUT2D eigenvalue weighted by atomic mass is 9.86. The van der Waals surface area contributed by atoms with Crippen molar-refractivity contribution in [1.29, 1.82) is 0 Å². The Morgan fingerprint density at radius 3 is 2.14 bits per heavy atom. The molecule has 0 unspecified atom stereocenters. The summed E-state index contributed by atoms with van der Waals surface area (Å²) < 4.78 is 26.4. The molecule has 1 aliphatic rings. The lowest BCUT2D eigenvalue weighted by molar-refractivity contribution is -0.136. The largest absolute Gasteiger partial charge is 0.336 e. The van der Waals surface area contributed by atoms with Gasteiger partial charge in [-0.1, -0.05) is 26.7 Å². The molecule has 0 bridgehead atoms. The van der Waals surface area contributed by atoms with Crippen molar-refractivity contribution in [3.63, 3.8) is 0 Å². The minimum atomic E-state index is -3.54. The first-order chi connectivity index (χ1) is 10.2. The zero-order valence-electron chi connectivity index (χ0n) is 14.6. The van der Waals surface area contributed by atoms with Gasteiger partial charge in [-0.3, -0.25) is 4.79 Å². The van der Waals surface area contributed by atoms with Crippen LogP contribution >= 0.6 is 0 Å². The average molecular weight is 333 g/mol. The number of nitrogens with zero attached hydrogens (tertiary/aromatic N) is 3. The van der Waals surface area contributed by atoms with Gasteiger partial charge in [0.05, 0.1) is 6.54 Å². The van der Waals surface area contributed by atoms with Crippen LogP contribution in [0.4, 0.5) is 0 Å². The maximum Gasteiger partial charge on any atom is 0.281 e. The molecule has 0 atom stereocenters. The van der Waals surface area contributed by atoms with Crippen molar-refractivity contribution in [3.05, 3.63) is 0 Å². The molecule has 0 aliphatic carbocycles. The lowest BCUT2D eigenvalue weighted by Crippen LogP contribution is -2.51. The summed E-state index contributed by atoms with van der Waals surface area (Å²) >= 11 is 0. The number of amides is 1. The van der Waals surface area contributed by atoms with Gasteiger partial charge in [0.1, 0.15) is 0 Å². The monoisotopic (exact) mass is 333 g/mol. The molecular weight excluding hydrogens is 302 g/mol. The number of hydrogen-bond donors (Lipinski definition) is 0. The van der Waals surface area contributed by atoms with Gasteiger partial charge < -0.3 is 4.90 Å². The predicted molar refractivity (Wildman–Crippen MR) is 88.7 cm³/mol. The number of likely N-dealkylation sites (tertiary alicyclic amines) is 1. The molecule has 1 rings (SSSR count). The first-order valence-corrected chi connectivity index (χ1v) is 9.55. The molecule has 22 heavy (non-hydrogen) atoms. The van der Waals surface area contributed by atoms with Crippen LogP contribution < -0.4 is 0 Å². The van der Waals surface area contributed by atoms with E-state index in [1.165, 1.54) is 21.1 Å². The van der Waals surface area contributed by atoms with Gasteiger partial charge in [0, 0.05) is 33.2 Å². The molecule has 7 heteroatoms. The van der Waals surface area contributed by atoms with Crippen LogP contribution in [0.1, 0.15) is 52.4 Å². The molecule has 0 saturated carbocycles. The quantitative estimate of drug-likeness (QED) is 0.679. The van der Waals surface area contributed by atoms with E-state index >= 15 is 0 Å². The Hall–Kier alpha value is -0.660. The molecule has 0 N–H and O–H groups in total. The molecule has 6 nitrogen and oxygen atoms in total. The molecular formula is C15H31N3O3S. The van der Waals surface area contributed by atoms with Crippen molar-refractivity contribution >= 4 is 16.1 Å². The van der Waals surface area contributed by atoms with Crippen molar-refractivity contribution < 1.29 is 13.2 Å². The number of likely N-dealkylation sites (N-methyl/N-ethyl adjacent to an activating group) is 1. The Morgan fingerprint density at radius 2 is 1.68 bits per heavy atom. The fourth-order valence-electron chi connectivity index (χ4n) is 3.54. The van der Waals surface area contributed by atoms with Crippen molar-refractivity contribution in [2.24, 2.45) is 0 Å². The van der Waals surface area contributed by atoms with E-state index in [1.54, 1.807) is 0 Å². The third-order valence-corrected chi connectivity index (χ3v) is 6.38. The maximum atomic E-state index is 12.7. The van der Waals surface area contributed by atoms with Gasteiger partial charge in [-0.05, 0) is 25.7 Å². The van der Waals surface area contributed by atoms with E-state index in [-0.39, 0.29) is 18.0 Å². The summed E-state index contributed by atoms with van der Waals surface area (Å²) in [5.74, 6) is -0.0766. The highest BCUT2D eigenvalue weighted by Gasteiger charge is 2.42. The highest BCUT2D eigenvalue weighted by molar-refractivity contribution is 7.86. The Kier molecular flexibility index (Phi) is 6.83. The molecule has 0 aromatic carbocycles. The second-order valence-electron chi connectivity index (χ2n) is 6.42. The molecule has 130 valence electrons. The van der Waals surface area contributed by atoms with Crippen molar-refractivity contribution in [1.82, 2.24) is 13.5 Å². The molecule has 1 heterocycles. The molecule has 1 fully saturated rings. The Morgan fingerprint density at radius 1 is 1.14 bits per heavy atom. The first kappa shape index (κ1) is 19.4. The van der Waals surface area contributed by atoms with Crippen LogP contribution in [0.5, 0.6) is 0 Å². The van der Waals surface area contributed by atoms with Gasteiger partial charge in [-0.25, -0.2) is 0 Å².